The molecule has 3 N–H and O–H groups in total. The molecule has 0 saturated carbocycles. The molecule has 3 aromatic rings. The Balaban J connectivity index is 1.57. The minimum atomic E-state index is -2.04. The topological polar surface area (TPSA) is 101 Å². The van der Waals surface area contributed by atoms with Crippen LogP contribution in [0, 0.1) is 0 Å². The number of hydrogen-bond acceptors (Lipinski definition) is 5. The molecule has 186 valence electrons. The highest BCUT2D eigenvalue weighted by molar-refractivity contribution is 8.00. The van der Waals surface area contributed by atoms with Crippen molar-refractivity contribution in [2.75, 3.05) is 18.5 Å². The lowest BCUT2D eigenvalue weighted by Crippen LogP contribution is -2.37. The van der Waals surface area contributed by atoms with Crippen LogP contribution in [0.15, 0.2) is 91.0 Å². The molecule has 1 fully saturated rings. The number of carboxylic acids is 1. The fraction of sp³-hybridized carbons (Fsp3) is 0.250. The Kier molecular flexibility index (Phi) is 8.57. The number of carbonyl (C=O) groups excluding carboxylic acids is 2. The van der Waals surface area contributed by atoms with Gasteiger partial charge >= 0.3 is 5.97 Å². The molecule has 2 amide bonds. The maximum absolute atomic E-state index is 13.0. The van der Waals surface area contributed by atoms with Crippen LogP contribution in [0.2, 0.25) is 0 Å². The summed E-state index contributed by atoms with van der Waals surface area (Å²) in [5, 5.41) is 12.2. The van der Waals surface area contributed by atoms with Gasteiger partial charge in [-0.3, -0.25) is 19.3 Å². The smallest absolute Gasteiger partial charge is 0.321 e. The van der Waals surface area contributed by atoms with E-state index in [4.69, 9.17) is 10.8 Å². The number of carbonyl (C=O) groups is 3. The van der Waals surface area contributed by atoms with Crippen LogP contribution in [-0.4, -0.2) is 57.5 Å². The summed E-state index contributed by atoms with van der Waals surface area (Å²) in [5.74, 6) is -1.47. The minimum Gasteiger partial charge on any atom is -0.480 e. The molecule has 2 atom stereocenters. The Morgan fingerprint density at radius 1 is 0.917 bits per heavy atom. The van der Waals surface area contributed by atoms with Crippen molar-refractivity contribution in [2.45, 2.75) is 24.1 Å². The third kappa shape index (κ3) is 5.54. The second kappa shape index (κ2) is 11.8. The lowest BCUT2D eigenvalue weighted by atomic mass is 10.3. The summed E-state index contributed by atoms with van der Waals surface area (Å²) in [6.45, 7) is 0.341. The summed E-state index contributed by atoms with van der Waals surface area (Å²) in [5.41, 5.74) is 5.58. The number of amides is 2. The molecule has 1 aliphatic rings. The zero-order valence-corrected chi connectivity index (χ0v) is 21.6. The van der Waals surface area contributed by atoms with Gasteiger partial charge < -0.3 is 10.8 Å². The summed E-state index contributed by atoms with van der Waals surface area (Å²) in [7, 11) is -2.04. The first kappa shape index (κ1) is 26.1. The highest BCUT2D eigenvalue weighted by atomic mass is 32.2. The third-order valence-electron chi connectivity index (χ3n) is 6.46. The van der Waals surface area contributed by atoms with Crippen LogP contribution >= 0.6 is 19.0 Å². The second-order valence-electron chi connectivity index (χ2n) is 8.75. The molecule has 6 nitrogen and oxygen atoms in total. The van der Waals surface area contributed by atoms with Crippen LogP contribution in [0.1, 0.15) is 12.8 Å². The van der Waals surface area contributed by atoms with Crippen molar-refractivity contribution in [1.29, 1.82) is 0 Å². The molecule has 4 rings (SSSR count). The van der Waals surface area contributed by atoms with E-state index in [9.17, 15) is 14.4 Å². The Bertz CT molecular complexity index is 1100. The normalized spacial score (nSPS) is 16.8. The molecule has 1 saturated heterocycles. The van der Waals surface area contributed by atoms with Crippen LogP contribution in [-0.2, 0) is 14.4 Å². The van der Waals surface area contributed by atoms with Crippen molar-refractivity contribution >= 4 is 52.7 Å². The van der Waals surface area contributed by atoms with Crippen molar-refractivity contribution in [3.8, 4) is 0 Å². The monoisotopic (exact) mass is 521 g/mol. The predicted octanol–water partition coefficient (Wildman–Crippen LogP) is 2.64. The Morgan fingerprint density at radius 3 is 1.83 bits per heavy atom. The van der Waals surface area contributed by atoms with E-state index in [1.165, 1.54) is 20.8 Å². The number of carboxylic acid groups (broad SMARTS) is 1. The van der Waals surface area contributed by atoms with Crippen LogP contribution in [0.4, 0.5) is 0 Å². The molecule has 0 aliphatic carbocycles. The van der Waals surface area contributed by atoms with Crippen LogP contribution < -0.4 is 21.6 Å². The van der Waals surface area contributed by atoms with E-state index in [-0.39, 0.29) is 24.0 Å². The van der Waals surface area contributed by atoms with Gasteiger partial charge in [0.2, 0.25) is 11.8 Å². The van der Waals surface area contributed by atoms with Crippen molar-refractivity contribution in [1.82, 2.24) is 4.90 Å². The molecular formula is C28H30N2O4PS+. The van der Waals surface area contributed by atoms with Crippen LogP contribution in [0.3, 0.4) is 0 Å². The van der Waals surface area contributed by atoms with Gasteiger partial charge in [-0.15, -0.1) is 11.8 Å². The van der Waals surface area contributed by atoms with E-state index in [1.807, 2.05) is 18.2 Å². The number of thioether (sulfide) groups is 1. The van der Waals surface area contributed by atoms with E-state index in [0.29, 0.717) is 13.0 Å². The van der Waals surface area contributed by atoms with Gasteiger partial charge in [-0.25, -0.2) is 0 Å². The van der Waals surface area contributed by atoms with Gasteiger partial charge in [0.1, 0.15) is 29.2 Å². The Labute approximate surface area is 216 Å². The van der Waals surface area contributed by atoms with Gasteiger partial charge in [-0.2, -0.15) is 0 Å². The summed E-state index contributed by atoms with van der Waals surface area (Å²) in [6, 6.07) is 30.4. The van der Waals surface area contributed by atoms with Crippen LogP contribution in [0.25, 0.3) is 0 Å². The fourth-order valence-electron chi connectivity index (χ4n) is 4.66. The number of imide groups is 1. The summed E-state index contributed by atoms with van der Waals surface area (Å²) < 4.78 is 0. The number of likely N-dealkylation sites (tertiary alicyclic amines) is 1. The number of nitrogens with two attached hydrogens (primary N) is 1. The average molecular weight is 522 g/mol. The van der Waals surface area contributed by atoms with E-state index in [2.05, 4.69) is 72.8 Å². The van der Waals surface area contributed by atoms with Crippen molar-refractivity contribution in [3.05, 3.63) is 91.0 Å². The van der Waals surface area contributed by atoms with E-state index in [0.717, 1.165) is 17.9 Å². The fourth-order valence-corrected chi connectivity index (χ4v) is 10.1. The van der Waals surface area contributed by atoms with E-state index < -0.39 is 24.5 Å². The molecule has 0 spiro atoms. The van der Waals surface area contributed by atoms with Crippen LogP contribution in [0.5, 0.6) is 0 Å². The summed E-state index contributed by atoms with van der Waals surface area (Å²) in [6.07, 6.45) is 1.56. The van der Waals surface area contributed by atoms with E-state index in [1.54, 1.807) is 0 Å². The van der Waals surface area contributed by atoms with Gasteiger partial charge in [0, 0.05) is 25.1 Å². The second-order valence-corrected chi connectivity index (χ2v) is 13.6. The maximum atomic E-state index is 13.0. The Morgan fingerprint density at radius 2 is 1.39 bits per heavy atom. The van der Waals surface area contributed by atoms with Gasteiger partial charge in [-0.05, 0) is 36.4 Å². The molecule has 1 unspecified atom stereocenters. The van der Waals surface area contributed by atoms with Crippen molar-refractivity contribution in [2.24, 2.45) is 5.73 Å². The van der Waals surface area contributed by atoms with E-state index >= 15 is 0 Å². The highest BCUT2D eigenvalue weighted by Gasteiger charge is 2.45. The zero-order chi connectivity index (χ0) is 25.5. The molecule has 0 bridgehead atoms. The van der Waals surface area contributed by atoms with Gasteiger partial charge in [0.05, 0.1) is 11.4 Å². The van der Waals surface area contributed by atoms with Crippen molar-refractivity contribution < 1.29 is 19.5 Å². The standard InChI is InChI=1S/C28H29N2O4PS/c29-24(28(33)34)20-36-25-19-26(31)30(27(25)32)17-10-18-35(21-11-4-1-5-12-21,22-13-6-2-7-14-22)23-15-8-3-9-16-23/h1-9,11-16,24-25H,10,17-20,29H2/p+1/t24-,25?/m0/s1. The zero-order valence-electron chi connectivity index (χ0n) is 19.9. The summed E-state index contributed by atoms with van der Waals surface area (Å²) in [4.78, 5) is 38.0. The lowest BCUT2D eigenvalue weighted by molar-refractivity contribution is -0.139. The predicted molar refractivity (Wildman–Crippen MR) is 148 cm³/mol. The van der Waals surface area contributed by atoms with Gasteiger partial charge in [0.25, 0.3) is 0 Å². The number of rotatable bonds is 11. The number of aliphatic carboxylic acids is 1. The largest absolute Gasteiger partial charge is 0.480 e. The third-order valence-corrected chi connectivity index (χ3v) is 12.3. The Hall–Kier alpha value is -2.99. The minimum absolute atomic E-state index is 0.0895. The summed E-state index contributed by atoms with van der Waals surface area (Å²) >= 11 is 1.15. The average Bonchev–Trinajstić information content (AvgIpc) is 3.18. The van der Waals surface area contributed by atoms with Crippen molar-refractivity contribution in [3.63, 3.8) is 0 Å². The SMILES string of the molecule is N[C@@H](CSC1CC(=O)N(CCC[P+](c2ccccc2)(c2ccccc2)c2ccccc2)C1=O)C(=O)O. The molecule has 1 aliphatic heterocycles. The molecule has 3 aromatic carbocycles. The van der Waals surface area contributed by atoms with Gasteiger partial charge in [-0.1, -0.05) is 54.6 Å². The molecule has 8 heteroatoms. The van der Waals surface area contributed by atoms with Gasteiger partial charge in [0.15, 0.2) is 0 Å². The molecular weight excluding hydrogens is 491 g/mol. The molecule has 1 heterocycles. The first-order valence-electron chi connectivity index (χ1n) is 11.9. The number of nitrogens with zero attached hydrogens (tertiary/aromatic N) is 1. The number of hydrogen-bond donors (Lipinski definition) is 2. The number of benzene rings is 3. The quantitative estimate of drug-likeness (QED) is 0.297. The first-order chi connectivity index (χ1) is 17.4. The maximum Gasteiger partial charge on any atom is 0.321 e. The highest BCUT2D eigenvalue weighted by Crippen LogP contribution is 2.55. The molecule has 36 heavy (non-hydrogen) atoms. The molecule has 0 radical (unpaired) electrons. The first-order valence-corrected chi connectivity index (χ1v) is 14.9. The molecule has 0 aromatic heterocycles. The lowest BCUT2D eigenvalue weighted by Gasteiger charge is -2.28.